The number of nitrogens with zero attached hydrogens (tertiary/aromatic N) is 3. The minimum Gasteiger partial charge on any atom is -0.593 e. The zero-order chi connectivity index (χ0) is 18.2. The fourth-order valence-electron chi connectivity index (χ4n) is 3.53. The Balaban J connectivity index is 1.63. The molecule has 4 heterocycles. The summed E-state index contributed by atoms with van der Waals surface area (Å²) in [7, 11) is -3.63. The van der Waals surface area contributed by atoms with Gasteiger partial charge in [-0.05, 0) is 31.0 Å². The Hall–Kier alpha value is -2.36. The van der Waals surface area contributed by atoms with Crippen LogP contribution in [0.3, 0.4) is 0 Å². The van der Waals surface area contributed by atoms with Crippen molar-refractivity contribution in [2.45, 2.75) is 23.3 Å². The first-order chi connectivity index (χ1) is 12.5. The lowest BCUT2D eigenvalue weighted by Crippen LogP contribution is -2.59. The fraction of sp³-hybridized carbons (Fsp3) is 0.353. The van der Waals surface area contributed by atoms with Crippen molar-refractivity contribution >= 4 is 22.1 Å². The Kier molecular flexibility index (Phi) is 4.22. The first kappa shape index (κ1) is 17.1. The zero-order valence-corrected chi connectivity index (χ0v) is 14.9. The molecule has 1 fully saturated rings. The Morgan fingerprint density at radius 3 is 2.96 bits per heavy atom. The number of carbonyl (C=O) groups excluding carboxylic acids is 1. The number of rotatable bonds is 1. The number of aromatic nitrogens is 2. The maximum atomic E-state index is 12.8. The molecule has 0 radical (unpaired) electrons. The molecule has 1 amide bonds. The number of carbonyl (C=O) groups is 1. The van der Waals surface area contributed by atoms with Crippen LogP contribution in [0.1, 0.15) is 23.2 Å². The van der Waals surface area contributed by atoms with Crippen molar-refractivity contribution in [3.8, 4) is 0 Å². The molecule has 8 nitrogen and oxygen atoms in total. The van der Waals surface area contributed by atoms with E-state index in [4.69, 9.17) is 0 Å². The molecule has 0 saturated carbocycles. The highest BCUT2D eigenvalue weighted by molar-refractivity contribution is 7.96. The molecule has 9 heteroatoms. The smallest absolute Gasteiger partial charge is 0.255 e. The van der Waals surface area contributed by atoms with Crippen LogP contribution in [-0.4, -0.2) is 50.5 Å². The molecule has 0 aliphatic carbocycles. The van der Waals surface area contributed by atoms with Crippen LogP contribution in [0.25, 0.3) is 0 Å². The second-order valence-electron chi connectivity index (χ2n) is 6.65. The Labute approximate surface area is 152 Å². The zero-order valence-electron chi connectivity index (χ0n) is 14.1. The third-order valence-corrected chi connectivity index (χ3v) is 6.25. The third kappa shape index (κ3) is 3.09. The number of nitrogens with one attached hydrogen (secondary N) is 2. The van der Waals surface area contributed by atoms with Crippen LogP contribution in [0.4, 0.5) is 5.82 Å². The fourth-order valence-corrected chi connectivity index (χ4v) is 4.77. The van der Waals surface area contributed by atoms with Crippen LogP contribution < -0.4 is 10.0 Å². The van der Waals surface area contributed by atoms with Crippen molar-refractivity contribution in [3.05, 3.63) is 48.4 Å². The summed E-state index contributed by atoms with van der Waals surface area (Å²) >= 11 is 0. The molecule has 2 atom stereocenters. The van der Waals surface area contributed by atoms with Gasteiger partial charge in [0, 0.05) is 37.7 Å². The lowest BCUT2D eigenvalue weighted by Gasteiger charge is -2.42. The van der Waals surface area contributed by atoms with Gasteiger partial charge in [0.1, 0.15) is 0 Å². The van der Waals surface area contributed by atoms with E-state index in [1.807, 2.05) is 0 Å². The number of fused-ring (bicyclic) bond motifs is 1. The SMILES string of the molecule is O=C(c1cccnc1)N1CCCC2(CN[S+](=O)([O-])c3cccnc3N2)C1. The molecular weight excluding hydrogens is 354 g/mol. The maximum Gasteiger partial charge on any atom is 0.255 e. The van der Waals surface area contributed by atoms with Gasteiger partial charge in [-0.15, -0.1) is 4.72 Å². The molecule has 1 saturated heterocycles. The second-order valence-corrected chi connectivity index (χ2v) is 8.39. The number of anilines is 1. The first-order valence-electron chi connectivity index (χ1n) is 8.41. The highest BCUT2D eigenvalue weighted by Crippen LogP contribution is 2.33. The van der Waals surface area contributed by atoms with Crippen molar-refractivity contribution in [2.24, 2.45) is 0 Å². The number of sulfonamides is 1. The van der Waals surface area contributed by atoms with Gasteiger partial charge in [0.15, 0.2) is 16.2 Å². The molecule has 0 bridgehead atoms. The predicted molar refractivity (Wildman–Crippen MR) is 95.1 cm³/mol. The molecule has 2 N–H and O–H groups in total. The van der Waals surface area contributed by atoms with E-state index in [-0.39, 0.29) is 17.3 Å². The van der Waals surface area contributed by atoms with Gasteiger partial charge < -0.3 is 14.8 Å². The summed E-state index contributed by atoms with van der Waals surface area (Å²) < 4.78 is 27.6. The number of hydrogen-bond donors (Lipinski definition) is 2. The monoisotopic (exact) mass is 373 g/mol. The topological polar surface area (TPSA) is 110 Å². The quantitative estimate of drug-likeness (QED) is 0.724. The number of hydrogen-bond acceptors (Lipinski definition) is 6. The van der Waals surface area contributed by atoms with E-state index < -0.39 is 15.9 Å². The van der Waals surface area contributed by atoms with Gasteiger partial charge in [-0.25, -0.2) is 4.98 Å². The van der Waals surface area contributed by atoms with Crippen molar-refractivity contribution in [2.75, 3.05) is 25.0 Å². The van der Waals surface area contributed by atoms with Crippen molar-refractivity contribution < 1.29 is 13.6 Å². The predicted octanol–water partition coefficient (Wildman–Crippen LogP) is 1.07. The summed E-state index contributed by atoms with van der Waals surface area (Å²) in [5, 5.41) is 3.30. The van der Waals surface area contributed by atoms with E-state index in [0.717, 1.165) is 12.8 Å². The highest BCUT2D eigenvalue weighted by atomic mass is 32.3. The van der Waals surface area contributed by atoms with Gasteiger partial charge in [0.05, 0.1) is 17.6 Å². The molecule has 2 aromatic heterocycles. The number of pyridine rings is 2. The van der Waals surface area contributed by atoms with Crippen LogP contribution in [0.2, 0.25) is 0 Å². The van der Waals surface area contributed by atoms with E-state index in [0.29, 0.717) is 24.5 Å². The van der Waals surface area contributed by atoms with E-state index in [9.17, 15) is 13.6 Å². The van der Waals surface area contributed by atoms with Crippen LogP contribution in [0.15, 0.2) is 47.8 Å². The summed E-state index contributed by atoms with van der Waals surface area (Å²) in [6.07, 6.45) is 6.23. The van der Waals surface area contributed by atoms with Gasteiger partial charge in [0.25, 0.3) is 5.91 Å². The number of piperidine rings is 1. The largest absolute Gasteiger partial charge is 0.593 e. The average Bonchev–Trinajstić information content (AvgIpc) is 2.77. The minimum atomic E-state index is -3.63. The van der Waals surface area contributed by atoms with E-state index >= 15 is 0 Å². The molecule has 2 unspecified atom stereocenters. The van der Waals surface area contributed by atoms with Gasteiger partial charge in [-0.3, -0.25) is 9.78 Å². The number of likely N-dealkylation sites (tertiary alicyclic amines) is 1. The van der Waals surface area contributed by atoms with Crippen molar-refractivity contribution in [3.63, 3.8) is 0 Å². The minimum absolute atomic E-state index is 0.104. The molecule has 2 aliphatic heterocycles. The van der Waals surface area contributed by atoms with E-state index in [1.54, 1.807) is 41.7 Å². The van der Waals surface area contributed by atoms with Crippen molar-refractivity contribution in [1.82, 2.24) is 19.6 Å². The van der Waals surface area contributed by atoms with Crippen molar-refractivity contribution in [1.29, 1.82) is 0 Å². The van der Waals surface area contributed by atoms with Crippen LogP contribution >= 0.6 is 0 Å². The Bertz CT molecular complexity index is 878. The lowest BCUT2D eigenvalue weighted by molar-refractivity contribution is 0.0662. The Morgan fingerprint density at radius 2 is 2.15 bits per heavy atom. The van der Waals surface area contributed by atoms with Gasteiger partial charge in [0.2, 0.25) is 4.90 Å². The molecule has 26 heavy (non-hydrogen) atoms. The van der Waals surface area contributed by atoms with Gasteiger partial charge in [-0.1, -0.05) is 4.21 Å². The summed E-state index contributed by atoms with van der Waals surface area (Å²) in [5.41, 5.74) is -0.0692. The third-order valence-electron chi connectivity index (χ3n) is 4.82. The number of amides is 1. The van der Waals surface area contributed by atoms with E-state index in [1.165, 1.54) is 6.07 Å². The molecule has 2 aromatic rings. The van der Waals surface area contributed by atoms with Gasteiger partial charge >= 0.3 is 0 Å². The highest BCUT2D eigenvalue weighted by Gasteiger charge is 2.43. The van der Waals surface area contributed by atoms with Crippen LogP contribution in [0.5, 0.6) is 0 Å². The molecule has 2 aliphatic rings. The van der Waals surface area contributed by atoms with Crippen LogP contribution in [0, 0.1) is 0 Å². The van der Waals surface area contributed by atoms with E-state index in [2.05, 4.69) is 20.0 Å². The molecule has 4 rings (SSSR count). The molecule has 136 valence electrons. The standard InChI is InChI=1S/C17H19N5O3S/c23-16(13-4-1-7-18-10-13)22-9-3-6-17(12-22)11-20-26(24,25)14-5-2-8-19-15(14)21-17/h1-2,4-5,7-8,10H,3,6,9,11-12H2,(H2-,19,20,21,24,25). The maximum absolute atomic E-state index is 12.8. The summed E-state index contributed by atoms with van der Waals surface area (Å²) in [5.74, 6) is 0.223. The second kappa shape index (κ2) is 6.42. The average molecular weight is 373 g/mol. The first-order valence-corrected chi connectivity index (χ1v) is 9.90. The normalized spacial score (nSPS) is 28.1. The summed E-state index contributed by atoms with van der Waals surface area (Å²) in [4.78, 5) is 22.9. The van der Waals surface area contributed by atoms with Crippen LogP contribution in [-0.2, 0) is 14.6 Å². The summed E-state index contributed by atoms with van der Waals surface area (Å²) in [6, 6.07) is 6.58. The molecule has 1 spiro atoms. The summed E-state index contributed by atoms with van der Waals surface area (Å²) in [6.45, 7) is 1.21. The molecular formula is C17H19N5O3S. The Morgan fingerprint density at radius 1 is 1.31 bits per heavy atom. The molecule has 0 aromatic carbocycles. The van der Waals surface area contributed by atoms with Gasteiger partial charge in [-0.2, -0.15) is 0 Å². The lowest BCUT2D eigenvalue weighted by atomic mass is 9.88.